The molecule has 4 N–H and O–H groups in total. The van der Waals surface area contributed by atoms with E-state index in [4.69, 9.17) is 5.21 Å². The first kappa shape index (κ1) is 16.9. The van der Waals surface area contributed by atoms with Crippen LogP contribution in [0.3, 0.4) is 0 Å². The van der Waals surface area contributed by atoms with Gasteiger partial charge in [-0.05, 0) is 42.5 Å². The Kier molecular flexibility index (Phi) is 5.61. The van der Waals surface area contributed by atoms with Crippen molar-refractivity contribution in [2.24, 2.45) is 0 Å². The number of aromatic nitrogens is 1. The van der Waals surface area contributed by atoms with Crippen LogP contribution in [0, 0.1) is 5.82 Å². The monoisotopic (exact) mass is 320 g/mol. The first-order chi connectivity index (χ1) is 11.1. The van der Waals surface area contributed by atoms with Crippen LogP contribution in [0.15, 0.2) is 30.5 Å². The molecule has 2 aromatic rings. The number of nitrogens with zero attached hydrogens (tertiary/aromatic N) is 1. The van der Waals surface area contributed by atoms with Crippen LogP contribution in [0.25, 0.3) is 0 Å². The second kappa shape index (κ2) is 7.66. The highest BCUT2D eigenvalue weighted by molar-refractivity contribution is 5.94. The Labute approximate surface area is 132 Å². The summed E-state index contributed by atoms with van der Waals surface area (Å²) in [6, 6.07) is 6.19. The molecule has 0 bridgehead atoms. The number of carbonyl (C=O) groups excluding carboxylic acids is 1. The molecular formula is C16H17FN2O4. The van der Waals surface area contributed by atoms with Crippen molar-refractivity contribution in [3.05, 3.63) is 58.7 Å². The van der Waals surface area contributed by atoms with Gasteiger partial charge in [-0.1, -0.05) is 12.1 Å². The van der Waals surface area contributed by atoms with Crippen molar-refractivity contribution in [1.82, 2.24) is 10.5 Å². The molecule has 122 valence electrons. The molecule has 0 saturated heterocycles. The van der Waals surface area contributed by atoms with Gasteiger partial charge in [-0.2, -0.15) is 0 Å². The molecule has 0 radical (unpaired) electrons. The maximum atomic E-state index is 12.8. The molecule has 6 nitrogen and oxygen atoms in total. The average molecular weight is 320 g/mol. The third-order valence-electron chi connectivity index (χ3n) is 3.55. The Morgan fingerprint density at radius 2 is 1.91 bits per heavy atom. The predicted octanol–water partition coefficient (Wildman–Crippen LogP) is 1.71. The van der Waals surface area contributed by atoms with Crippen LogP contribution in [-0.2, 0) is 19.4 Å². The van der Waals surface area contributed by atoms with E-state index >= 15 is 0 Å². The van der Waals surface area contributed by atoms with Gasteiger partial charge in [0.15, 0.2) is 11.4 Å². The van der Waals surface area contributed by atoms with E-state index in [1.54, 1.807) is 12.1 Å². The minimum absolute atomic E-state index is 0.206. The zero-order valence-electron chi connectivity index (χ0n) is 12.3. The molecule has 0 fully saturated rings. The van der Waals surface area contributed by atoms with Crippen LogP contribution in [0.5, 0.6) is 5.75 Å². The number of rotatable bonds is 6. The summed E-state index contributed by atoms with van der Waals surface area (Å²) in [7, 11) is 0. The van der Waals surface area contributed by atoms with E-state index in [0.717, 1.165) is 5.56 Å². The maximum Gasteiger partial charge on any atom is 0.297 e. The number of hydroxylamine groups is 1. The average Bonchev–Trinajstić information content (AvgIpc) is 2.56. The van der Waals surface area contributed by atoms with Crippen molar-refractivity contribution in [3.63, 3.8) is 0 Å². The van der Waals surface area contributed by atoms with Crippen molar-refractivity contribution in [3.8, 4) is 5.75 Å². The number of carbonyl (C=O) groups is 1. The number of halogens is 1. The summed E-state index contributed by atoms with van der Waals surface area (Å²) in [6.07, 6.45) is 3.31. The molecular weight excluding hydrogens is 303 g/mol. The largest absolute Gasteiger partial charge is 0.505 e. The predicted molar refractivity (Wildman–Crippen MR) is 79.5 cm³/mol. The molecule has 0 saturated carbocycles. The Hall–Kier alpha value is -2.51. The van der Waals surface area contributed by atoms with E-state index in [1.165, 1.54) is 23.8 Å². The summed E-state index contributed by atoms with van der Waals surface area (Å²) in [6.45, 7) is -0.452. The quantitative estimate of drug-likeness (QED) is 0.479. The molecule has 0 aliphatic rings. The highest BCUT2D eigenvalue weighted by Crippen LogP contribution is 2.25. The molecule has 1 aromatic carbocycles. The van der Waals surface area contributed by atoms with Gasteiger partial charge in [-0.15, -0.1) is 0 Å². The SMILES string of the molecule is O=C(NO)c1ncc(CCCc2ccc(F)cc2)c(CO)c1O. The van der Waals surface area contributed by atoms with Gasteiger partial charge in [0.25, 0.3) is 5.91 Å². The standard InChI is InChI=1S/C16H17FN2O4/c17-12-6-4-10(5-7-12)2-1-3-11-8-18-14(16(22)19-23)15(21)13(11)9-20/h4-8,20-21,23H,1-3,9H2,(H,19,22). The van der Waals surface area contributed by atoms with Gasteiger partial charge >= 0.3 is 0 Å². The lowest BCUT2D eigenvalue weighted by molar-refractivity contribution is 0.0697. The van der Waals surface area contributed by atoms with Gasteiger partial charge in [-0.25, -0.2) is 14.9 Å². The number of nitrogens with one attached hydrogen (secondary N) is 1. The fourth-order valence-electron chi connectivity index (χ4n) is 2.32. The summed E-state index contributed by atoms with van der Waals surface area (Å²) < 4.78 is 12.8. The van der Waals surface area contributed by atoms with Gasteiger partial charge < -0.3 is 10.2 Å². The topological polar surface area (TPSA) is 103 Å². The minimum atomic E-state index is -0.949. The second-order valence-corrected chi connectivity index (χ2v) is 5.04. The van der Waals surface area contributed by atoms with Crippen LogP contribution in [0.1, 0.15) is 33.6 Å². The van der Waals surface area contributed by atoms with Crippen LogP contribution in [0.2, 0.25) is 0 Å². The zero-order valence-corrected chi connectivity index (χ0v) is 12.3. The fourth-order valence-corrected chi connectivity index (χ4v) is 2.32. The molecule has 7 heteroatoms. The van der Waals surface area contributed by atoms with Crippen molar-refractivity contribution < 1.29 is 24.6 Å². The van der Waals surface area contributed by atoms with Crippen molar-refractivity contribution in [2.75, 3.05) is 0 Å². The third-order valence-corrected chi connectivity index (χ3v) is 3.55. The molecule has 1 aromatic heterocycles. The third kappa shape index (κ3) is 4.02. The first-order valence-corrected chi connectivity index (χ1v) is 7.06. The number of hydrogen-bond acceptors (Lipinski definition) is 5. The molecule has 0 atom stereocenters. The molecule has 2 rings (SSSR count). The van der Waals surface area contributed by atoms with Gasteiger partial charge in [0.05, 0.1) is 6.61 Å². The summed E-state index contributed by atoms with van der Waals surface area (Å²) in [4.78, 5) is 15.2. The number of benzene rings is 1. The molecule has 0 unspecified atom stereocenters. The van der Waals surface area contributed by atoms with Crippen LogP contribution >= 0.6 is 0 Å². The zero-order chi connectivity index (χ0) is 16.8. The second-order valence-electron chi connectivity index (χ2n) is 5.04. The smallest absolute Gasteiger partial charge is 0.297 e. The number of aromatic hydroxyl groups is 1. The molecule has 0 aliphatic carbocycles. The molecule has 0 spiro atoms. The van der Waals surface area contributed by atoms with E-state index in [-0.39, 0.29) is 17.1 Å². The minimum Gasteiger partial charge on any atom is -0.505 e. The Morgan fingerprint density at radius 3 is 2.52 bits per heavy atom. The van der Waals surface area contributed by atoms with Crippen molar-refractivity contribution in [2.45, 2.75) is 25.9 Å². The molecule has 1 heterocycles. The van der Waals surface area contributed by atoms with E-state index in [2.05, 4.69) is 4.98 Å². The van der Waals surface area contributed by atoms with Crippen LogP contribution < -0.4 is 5.48 Å². The van der Waals surface area contributed by atoms with E-state index in [9.17, 15) is 19.4 Å². The lowest BCUT2D eigenvalue weighted by Crippen LogP contribution is -2.21. The summed E-state index contributed by atoms with van der Waals surface area (Å²) >= 11 is 0. The van der Waals surface area contributed by atoms with Gasteiger partial charge in [0, 0.05) is 11.8 Å². The van der Waals surface area contributed by atoms with E-state index < -0.39 is 18.3 Å². The highest BCUT2D eigenvalue weighted by atomic mass is 19.1. The first-order valence-electron chi connectivity index (χ1n) is 7.06. The maximum absolute atomic E-state index is 12.8. The molecule has 23 heavy (non-hydrogen) atoms. The number of aliphatic hydroxyl groups is 1. The van der Waals surface area contributed by atoms with Crippen LogP contribution in [-0.4, -0.2) is 26.3 Å². The number of amides is 1. The Bertz CT molecular complexity index is 689. The lowest BCUT2D eigenvalue weighted by Gasteiger charge is -2.11. The van der Waals surface area contributed by atoms with Crippen LogP contribution in [0.4, 0.5) is 4.39 Å². The number of aryl methyl sites for hydroxylation is 2. The summed E-state index contributed by atoms with van der Waals surface area (Å²) in [5, 5.41) is 28.0. The number of pyridine rings is 1. The number of hydrogen-bond donors (Lipinski definition) is 4. The van der Waals surface area contributed by atoms with Gasteiger partial charge in [0.1, 0.15) is 5.82 Å². The summed E-state index contributed by atoms with van der Waals surface area (Å²) in [5.74, 6) is -1.68. The molecule has 1 amide bonds. The molecule has 0 aliphatic heterocycles. The van der Waals surface area contributed by atoms with Crippen molar-refractivity contribution in [1.29, 1.82) is 0 Å². The van der Waals surface area contributed by atoms with Crippen molar-refractivity contribution >= 4 is 5.91 Å². The highest BCUT2D eigenvalue weighted by Gasteiger charge is 2.18. The van der Waals surface area contributed by atoms with Gasteiger partial charge in [0.2, 0.25) is 0 Å². The Morgan fingerprint density at radius 1 is 1.22 bits per heavy atom. The van der Waals surface area contributed by atoms with E-state index in [0.29, 0.717) is 24.8 Å². The fraction of sp³-hybridized carbons (Fsp3) is 0.250. The normalized spacial score (nSPS) is 10.6. The summed E-state index contributed by atoms with van der Waals surface area (Å²) in [5.41, 5.74) is 2.84. The van der Waals surface area contributed by atoms with Gasteiger partial charge in [-0.3, -0.25) is 10.0 Å². The lowest BCUT2D eigenvalue weighted by atomic mass is 10.0. The Balaban J connectivity index is 2.09. The van der Waals surface area contributed by atoms with E-state index in [1.807, 2.05) is 0 Å². The number of aliphatic hydroxyl groups excluding tert-OH is 1.